The fraction of sp³-hybridized carbons (Fsp3) is 0.593. The molecule has 6 nitrogen and oxygen atoms in total. The average Bonchev–Trinajstić information content (AvgIpc) is 3.27. The van der Waals surface area contributed by atoms with Crippen molar-refractivity contribution >= 4 is 35.7 Å². The molecule has 2 aromatic carbocycles. The highest BCUT2D eigenvalue weighted by atomic mass is 16.6. The van der Waals surface area contributed by atoms with E-state index >= 15 is 0 Å². The Morgan fingerprint density at radius 2 is 0.933 bits per heavy atom. The average molecular weight is 817 g/mol. The number of rotatable bonds is 36. The smallest absolute Gasteiger partial charge is 0.287 e. The Morgan fingerprint density at radius 3 is 1.35 bits per heavy atom. The Morgan fingerprint density at radius 1 is 0.533 bits per heavy atom. The minimum absolute atomic E-state index is 0.0476. The molecule has 0 bridgehead atoms. The van der Waals surface area contributed by atoms with Gasteiger partial charge in [-0.1, -0.05) is 217 Å². The molecule has 1 heterocycles. The molecule has 0 saturated heterocycles. The van der Waals surface area contributed by atoms with Crippen LogP contribution < -0.4 is 4.90 Å². The van der Waals surface area contributed by atoms with E-state index < -0.39 is 4.92 Å². The second-order valence-corrected chi connectivity index (χ2v) is 17.1. The van der Waals surface area contributed by atoms with E-state index in [1.165, 1.54) is 203 Å². The second-order valence-electron chi connectivity index (χ2n) is 17.1. The predicted molar refractivity (Wildman–Crippen MR) is 259 cm³/mol. The van der Waals surface area contributed by atoms with E-state index in [4.69, 9.17) is 0 Å². The number of nitro benzene ring substituents is 1. The minimum Gasteiger partial charge on any atom is -0.372 e. The summed E-state index contributed by atoms with van der Waals surface area (Å²) in [5.41, 5.74) is 4.86. The van der Waals surface area contributed by atoms with Gasteiger partial charge in [-0.05, 0) is 65.9 Å². The van der Waals surface area contributed by atoms with Gasteiger partial charge in [0, 0.05) is 31.0 Å². The van der Waals surface area contributed by atoms with Gasteiger partial charge in [0.1, 0.15) is 11.6 Å². The van der Waals surface area contributed by atoms with E-state index in [1.54, 1.807) is 6.07 Å². The van der Waals surface area contributed by atoms with E-state index in [-0.39, 0.29) is 11.3 Å². The number of nitriles is 1. The molecule has 0 N–H and O–H groups in total. The van der Waals surface area contributed by atoms with Crippen LogP contribution in [0.4, 0.5) is 11.4 Å². The summed E-state index contributed by atoms with van der Waals surface area (Å²) in [5.74, 6) is 0. The fourth-order valence-electron chi connectivity index (χ4n) is 8.05. The summed E-state index contributed by atoms with van der Waals surface area (Å²) in [6.45, 7) is 6.87. The first-order chi connectivity index (χ1) is 29.5. The zero-order valence-corrected chi connectivity index (χ0v) is 37.9. The van der Waals surface area contributed by atoms with Gasteiger partial charge in [-0.3, -0.25) is 15.1 Å². The van der Waals surface area contributed by atoms with Crippen LogP contribution in [0.1, 0.15) is 222 Å². The predicted octanol–water partition coefficient (Wildman–Crippen LogP) is 17.0. The largest absolute Gasteiger partial charge is 0.372 e. The maximum atomic E-state index is 11.1. The Labute approximate surface area is 366 Å². The molecule has 0 aliphatic rings. The number of hydrogen-bond donors (Lipinski definition) is 0. The second kappa shape index (κ2) is 33.5. The zero-order valence-electron chi connectivity index (χ0n) is 37.9. The van der Waals surface area contributed by atoms with Gasteiger partial charge in [-0.15, -0.1) is 0 Å². The lowest BCUT2D eigenvalue weighted by Crippen LogP contribution is -2.25. The SMILES string of the molecule is CCCCCCCCCCCCCCCCN(CCCCCCCCCCCCCCCC)c1ccc(/C=C/c2ccc(/C=C/c3ccc([N+](=O)[O-])c(C#N)c3)nc2)cc1. The van der Waals surface area contributed by atoms with Crippen LogP contribution in [0.3, 0.4) is 0 Å². The molecule has 0 amide bonds. The molecule has 6 heteroatoms. The van der Waals surface area contributed by atoms with Gasteiger partial charge in [0.25, 0.3) is 5.69 Å². The van der Waals surface area contributed by atoms with Gasteiger partial charge in [-0.25, -0.2) is 0 Å². The van der Waals surface area contributed by atoms with Gasteiger partial charge in [-0.2, -0.15) is 5.26 Å². The number of unbranched alkanes of at least 4 members (excludes halogenated alkanes) is 26. The van der Waals surface area contributed by atoms with Crippen molar-refractivity contribution in [3.05, 3.63) is 98.9 Å². The lowest BCUT2D eigenvalue weighted by Gasteiger charge is -2.25. The van der Waals surface area contributed by atoms with Gasteiger partial charge >= 0.3 is 0 Å². The molecule has 3 aromatic rings. The third-order valence-electron chi connectivity index (χ3n) is 11.9. The van der Waals surface area contributed by atoms with Crippen LogP contribution in [-0.4, -0.2) is 23.0 Å². The van der Waals surface area contributed by atoms with Gasteiger partial charge in [0.05, 0.1) is 10.6 Å². The molecule has 0 spiro atoms. The third kappa shape index (κ3) is 22.9. The van der Waals surface area contributed by atoms with Crippen LogP contribution in [0.5, 0.6) is 0 Å². The van der Waals surface area contributed by atoms with Crippen molar-refractivity contribution in [1.29, 1.82) is 5.26 Å². The van der Waals surface area contributed by atoms with Crippen molar-refractivity contribution in [1.82, 2.24) is 4.98 Å². The van der Waals surface area contributed by atoms with Crippen LogP contribution >= 0.6 is 0 Å². The lowest BCUT2D eigenvalue weighted by molar-refractivity contribution is -0.385. The molecule has 0 fully saturated rings. The topological polar surface area (TPSA) is 83.1 Å². The number of nitrogens with zero attached hydrogens (tertiary/aromatic N) is 4. The van der Waals surface area contributed by atoms with Crippen molar-refractivity contribution in [2.75, 3.05) is 18.0 Å². The highest BCUT2D eigenvalue weighted by Crippen LogP contribution is 2.22. The molecule has 0 radical (unpaired) electrons. The number of benzene rings is 2. The van der Waals surface area contributed by atoms with Crippen molar-refractivity contribution in [3.8, 4) is 6.07 Å². The number of pyridine rings is 1. The number of anilines is 1. The third-order valence-corrected chi connectivity index (χ3v) is 11.9. The van der Waals surface area contributed by atoms with Crippen molar-refractivity contribution in [3.63, 3.8) is 0 Å². The summed E-state index contributed by atoms with van der Waals surface area (Å²) in [6, 6.07) is 19.5. The quantitative estimate of drug-likeness (QED) is 0.0332. The van der Waals surface area contributed by atoms with E-state index in [1.807, 2.05) is 36.6 Å². The first-order valence-electron chi connectivity index (χ1n) is 24.4. The molecular weight excluding hydrogens is 737 g/mol. The molecule has 0 aliphatic heterocycles. The normalized spacial score (nSPS) is 11.5. The molecule has 3 rings (SSSR count). The van der Waals surface area contributed by atoms with Gasteiger partial charge in [0.2, 0.25) is 0 Å². The molecule has 0 atom stereocenters. The van der Waals surface area contributed by atoms with E-state index in [2.05, 4.69) is 60.1 Å². The molecule has 0 saturated carbocycles. The Hall–Kier alpha value is -4.24. The Balaban J connectivity index is 1.43. The number of nitro groups is 1. The van der Waals surface area contributed by atoms with Crippen LogP contribution in [0, 0.1) is 21.4 Å². The van der Waals surface area contributed by atoms with Crippen LogP contribution in [0.25, 0.3) is 24.3 Å². The standard InChI is InChI=1S/C54H80N4O2/c1-3-5-7-9-11-13-15-17-19-21-23-25-27-29-43-57(44-30-28-26-24-22-20-18-16-14-12-10-8-6-4-2)53-40-35-48(36-41-53)31-32-50-34-39-52(56-47-50)38-33-49-37-42-54(58(59)60)51(45-49)46-55/h31-42,45,47H,3-30,43-44H2,1-2H3/b32-31+,38-33+. The van der Waals surface area contributed by atoms with Crippen molar-refractivity contribution in [2.45, 2.75) is 194 Å². The van der Waals surface area contributed by atoms with Crippen LogP contribution in [0.2, 0.25) is 0 Å². The van der Waals surface area contributed by atoms with Gasteiger partial charge < -0.3 is 4.90 Å². The number of hydrogen-bond acceptors (Lipinski definition) is 5. The van der Waals surface area contributed by atoms with Crippen molar-refractivity contribution < 1.29 is 4.92 Å². The van der Waals surface area contributed by atoms with E-state index in [9.17, 15) is 15.4 Å². The molecule has 328 valence electrons. The van der Waals surface area contributed by atoms with Crippen molar-refractivity contribution in [2.24, 2.45) is 0 Å². The first-order valence-corrected chi connectivity index (χ1v) is 24.4. The molecule has 0 aliphatic carbocycles. The first kappa shape index (κ1) is 50.1. The maximum absolute atomic E-state index is 11.1. The number of aromatic nitrogens is 1. The fourth-order valence-corrected chi connectivity index (χ4v) is 8.05. The van der Waals surface area contributed by atoms with E-state index in [0.29, 0.717) is 5.56 Å². The summed E-state index contributed by atoms with van der Waals surface area (Å²) in [6.07, 6.45) is 48.7. The summed E-state index contributed by atoms with van der Waals surface area (Å²) >= 11 is 0. The maximum Gasteiger partial charge on any atom is 0.287 e. The zero-order chi connectivity index (χ0) is 42.7. The highest BCUT2D eigenvalue weighted by molar-refractivity contribution is 5.73. The van der Waals surface area contributed by atoms with E-state index in [0.717, 1.165) is 24.3 Å². The highest BCUT2D eigenvalue weighted by Gasteiger charge is 2.13. The Bertz CT molecular complexity index is 1610. The molecular formula is C54H80N4O2. The van der Waals surface area contributed by atoms with Crippen LogP contribution in [0.15, 0.2) is 60.8 Å². The summed E-state index contributed by atoms with van der Waals surface area (Å²) < 4.78 is 0. The summed E-state index contributed by atoms with van der Waals surface area (Å²) in [4.78, 5) is 17.8. The van der Waals surface area contributed by atoms with Gasteiger partial charge in [0.15, 0.2) is 0 Å². The molecule has 1 aromatic heterocycles. The molecule has 60 heavy (non-hydrogen) atoms. The monoisotopic (exact) mass is 817 g/mol. The summed E-state index contributed by atoms with van der Waals surface area (Å²) in [5, 5.41) is 20.4. The molecule has 0 unspecified atom stereocenters. The Kier molecular flexibility index (Phi) is 28.0. The van der Waals surface area contributed by atoms with Crippen LogP contribution in [-0.2, 0) is 0 Å². The summed E-state index contributed by atoms with van der Waals surface area (Å²) in [7, 11) is 0. The lowest BCUT2D eigenvalue weighted by atomic mass is 10.0. The minimum atomic E-state index is -0.535.